The Bertz CT molecular complexity index is 908. The highest BCUT2D eigenvalue weighted by Crippen LogP contribution is 2.27. The molecule has 2 heterocycles. The van der Waals surface area contributed by atoms with Crippen LogP contribution in [0.15, 0.2) is 70.9 Å². The van der Waals surface area contributed by atoms with E-state index in [-0.39, 0.29) is 12.5 Å². The van der Waals surface area contributed by atoms with Gasteiger partial charge in [0.05, 0.1) is 5.71 Å². The van der Waals surface area contributed by atoms with Crippen molar-refractivity contribution >= 4 is 23.4 Å². The van der Waals surface area contributed by atoms with E-state index in [0.717, 1.165) is 21.8 Å². The van der Waals surface area contributed by atoms with Crippen molar-refractivity contribution in [1.29, 1.82) is 0 Å². The fraction of sp³-hybridized carbons (Fsp3) is 0.158. The zero-order valence-electron chi connectivity index (χ0n) is 13.9. The highest BCUT2D eigenvalue weighted by molar-refractivity contribution is 6.11. The Balaban J connectivity index is 1.76. The van der Waals surface area contributed by atoms with E-state index in [1.54, 1.807) is 5.01 Å². The smallest absolute Gasteiger partial charge is 0.268 e. The quantitative estimate of drug-likeness (QED) is 0.899. The SMILES string of the molecule is NC(=O)CN1N=C(c2ccccc2)N2N=C(c3ccccc3)CC2C1=O. The summed E-state index contributed by atoms with van der Waals surface area (Å²) in [6, 6.07) is 18.7. The molecule has 2 aliphatic rings. The maximum atomic E-state index is 12.8. The molecule has 2 aromatic rings. The summed E-state index contributed by atoms with van der Waals surface area (Å²) < 4.78 is 0. The molecule has 0 aromatic heterocycles. The number of rotatable bonds is 4. The first-order valence-corrected chi connectivity index (χ1v) is 8.29. The van der Waals surface area contributed by atoms with Crippen molar-refractivity contribution in [2.75, 3.05) is 6.54 Å². The molecule has 1 atom stereocenters. The van der Waals surface area contributed by atoms with Gasteiger partial charge in [0.15, 0.2) is 5.84 Å². The molecule has 0 aliphatic carbocycles. The van der Waals surface area contributed by atoms with Gasteiger partial charge in [0.25, 0.3) is 5.91 Å². The summed E-state index contributed by atoms with van der Waals surface area (Å²) in [6.45, 7) is -0.250. The molecule has 2 amide bonds. The molecule has 7 nitrogen and oxygen atoms in total. The summed E-state index contributed by atoms with van der Waals surface area (Å²) in [4.78, 5) is 24.1. The Labute approximate surface area is 150 Å². The Kier molecular flexibility index (Phi) is 3.96. The van der Waals surface area contributed by atoms with Crippen molar-refractivity contribution in [1.82, 2.24) is 10.0 Å². The van der Waals surface area contributed by atoms with Crippen molar-refractivity contribution in [3.8, 4) is 0 Å². The number of nitrogens with zero attached hydrogens (tertiary/aromatic N) is 4. The van der Waals surface area contributed by atoms with Crippen LogP contribution in [0.2, 0.25) is 0 Å². The van der Waals surface area contributed by atoms with Crippen LogP contribution in [-0.4, -0.2) is 46.0 Å². The summed E-state index contributed by atoms with van der Waals surface area (Å²) in [5.74, 6) is -0.356. The van der Waals surface area contributed by atoms with E-state index in [4.69, 9.17) is 5.73 Å². The van der Waals surface area contributed by atoms with Crippen LogP contribution in [0.1, 0.15) is 17.5 Å². The summed E-state index contributed by atoms with van der Waals surface area (Å²) >= 11 is 0. The summed E-state index contributed by atoms with van der Waals surface area (Å²) in [7, 11) is 0. The predicted octanol–water partition coefficient (Wildman–Crippen LogP) is 1.15. The van der Waals surface area contributed by atoms with Crippen LogP contribution in [0.4, 0.5) is 0 Å². The molecule has 0 saturated heterocycles. The molecule has 0 bridgehead atoms. The number of carbonyl (C=O) groups is 2. The van der Waals surface area contributed by atoms with Crippen LogP contribution in [0.5, 0.6) is 0 Å². The van der Waals surface area contributed by atoms with E-state index in [0.29, 0.717) is 12.3 Å². The van der Waals surface area contributed by atoms with Crippen LogP contribution in [0.25, 0.3) is 0 Å². The average Bonchev–Trinajstić information content (AvgIpc) is 3.11. The lowest BCUT2D eigenvalue weighted by atomic mass is 10.0. The van der Waals surface area contributed by atoms with Crippen LogP contribution < -0.4 is 5.73 Å². The maximum absolute atomic E-state index is 12.8. The molecule has 4 rings (SSSR count). The van der Waals surface area contributed by atoms with Gasteiger partial charge in [-0.2, -0.15) is 5.10 Å². The first-order valence-electron chi connectivity index (χ1n) is 8.29. The van der Waals surface area contributed by atoms with Gasteiger partial charge in [-0.3, -0.25) is 9.59 Å². The normalized spacial score (nSPS) is 19.1. The third-order valence-electron chi connectivity index (χ3n) is 4.33. The molecule has 2 aromatic carbocycles. The minimum absolute atomic E-state index is 0.250. The molecule has 2 aliphatic heterocycles. The molecule has 0 radical (unpaired) electrons. The van der Waals surface area contributed by atoms with E-state index in [9.17, 15) is 9.59 Å². The molecular formula is C19H17N5O2. The molecule has 7 heteroatoms. The Hall–Kier alpha value is -3.48. The Morgan fingerprint density at radius 2 is 1.62 bits per heavy atom. The first-order chi connectivity index (χ1) is 12.6. The molecule has 0 saturated carbocycles. The van der Waals surface area contributed by atoms with Crippen LogP contribution >= 0.6 is 0 Å². The second-order valence-corrected chi connectivity index (χ2v) is 6.13. The number of amidine groups is 1. The Morgan fingerprint density at radius 3 is 2.23 bits per heavy atom. The molecule has 2 N–H and O–H groups in total. The number of hydrogen-bond acceptors (Lipinski definition) is 5. The minimum Gasteiger partial charge on any atom is -0.368 e. The van der Waals surface area contributed by atoms with Gasteiger partial charge < -0.3 is 5.73 Å². The number of hydrogen-bond donors (Lipinski definition) is 1. The van der Waals surface area contributed by atoms with Crippen molar-refractivity contribution < 1.29 is 9.59 Å². The number of amides is 2. The second-order valence-electron chi connectivity index (χ2n) is 6.13. The molecular weight excluding hydrogens is 330 g/mol. The van der Waals surface area contributed by atoms with Gasteiger partial charge in [0.2, 0.25) is 5.91 Å². The lowest BCUT2D eigenvalue weighted by Gasteiger charge is -2.32. The zero-order valence-corrected chi connectivity index (χ0v) is 13.9. The minimum atomic E-state index is -0.606. The lowest BCUT2D eigenvalue weighted by molar-refractivity contribution is -0.139. The van der Waals surface area contributed by atoms with Crippen molar-refractivity contribution in [3.05, 3.63) is 71.8 Å². The Morgan fingerprint density at radius 1 is 1.00 bits per heavy atom. The monoisotopic (exact) mass is 347 g/mol. The molecule has 130 valence electrons. The molecule has 0 spiro atoms. The number of nitrogens with two attached hydrogens (primary N) is 1. The lowest BCUT2D eigenvalue weighted by Crippen LogP contribution is -2.52. The van der Waals surface area contributed by atoms with E-state index in [2.05, 4.69) is 10.2 Å². The van der Waals surface area contributed by atoms with Crippen molar-refractivity contribution in [2.24, 2.45) is 15.9 Å². The number of benzene rings is 2. The topological polar surface area (TPSA) is 91.4 Å². The van der Waals surface area contributed by atoms with Gasteiger partial charge in [-0.15, -0.1) is 5.10 Å². The highest BCUT2D eigenvalue weighted by Gasteiger charge is 2.42. The summed E-state index contributed by atoms with van der Waals surface area (Å²) in [6.07, 6.45) is 0.448. The van der Waals surface area contributed by atoms with Crippen LogP contribution in [0.3, 0.4) is 0 Å². The number of hydrazone groups is 2. The predicted molar refractivity (Wildman–Crippen MR) is 97.1 cm³/mol. The van der Waals surface area contributed by atoms with Crippen molar-refractivity contribution in [3.63, 3.8) is 0 Å². The largest absolute Gasteiger partial charge is 0.368 e. The first kappa shape index (κ1) is 16.0. The number of primary amides is 1. The maximum Gasteiger partial charge on any atom is 0.268 e. The molecule has 0 fully saturated rings. The zero-order chi connectivity index (χ0) is 18.1. The van der Waals surface area contributed by atoms with E-state index < -0.39 is 11.9 Å². The van der Waals surface area contributed by atoms with Gasteiger partial charge >= 0.3 is 0 Å². The van der Waals surface area contributed by atoms with E-state index >= 15 is 0 Å². The fourth-order valence-corrected chi connectivity index (χ4v) is 3.12. The van der Waals surface area contributed by atoms with E-state index in [1.807, 2.05) is 60.7 Å². The summed E-state index contributed by atoms with van der Waals surface area (Å²) in [5.41, 5.74) is 7.87. The average molecular weight is 347 g/mol. The summed E-state index contributed by atoms with van der Waals surface area (Å²) in [5, 5.41) is 11.8. The van der Waals surface area contributed by atoms with Gasteiger partial charge in [0, 0.05) is 12.0 Å². The van der Waals surface area contributed by atoms with Crippen molar-refractivity contribution in [2.45, 2.75) is 12.5 Å². The standard InChI is InChI=1S/C19H17N5O2/c20-17(25)12-23-19(26)16-11-15(13-7-3-1-4-8-13)21-24(16)18(22-23)14-9-5-2-6-10-14/h1-10,16H,11-12H2,(H2,20,25). The molecule has 26 heavy (non-hydrogen) atoms. The number of carbonyl (C=O) groups excluding carboxylic acids is 2. The van der Waals surface area contributed by atoms with E-state index in [1.165, 1.54) is 0 Å². The second kappa shape index (κ2) is 6.44. The highest BCUT2D eigenvalue weighted by atomic mass is 16.2. The molecule has 1 unspecified atom stereocenters. The van der Waals surface area contributed by atoms with Gasteiger partial charge in [-0.25, -0.2) is 10.0 Å². The van der Waals surface area contributed by atoms with Crippen LogP contribution in [0, 0.1) is 0 Å². The third-order valence-corrected chi connectivity index (χ3v) is 4.33. The van der Waals surface area contributed by atoms with Gasteiger partial charge in [-0.1, -0.05) is 60.7 Å². The number of fused-ring (bicyclic) bond motifs is 1. The fourth-order valence-electron chi connectivity index (χ4n) is 3.12. The van der Waals surface area contributed by atoms with Gasteiger partial charge in [0.1, 0.15) is 12.6 Å². The third kappa shape index (κ3) is 2.83. The van der Waals surface area contributed by atoms with Gasteiger partial charge in [-0.05, 0) is 5.56 Å². The van der Waals surface area contributed by atoms with Crippen LogP contribution in [-0.2, 0) is 9.59 Å².